The van der Waals surface area contributed by atoms with Crippen molar-refractivity contribution < 1.29 is 9.53 Å². The van der Waals surface area contributed by atoms with E-state index in [2.05, 4.69) is 46.3 Å². The number of carbonyl (C=O) groups is 1. The lowest BCUT2D eigenvalue weighted by Crippen LogP contribution is -2.47. The number of anilines is 1. The van der Waals surface area contributed by atoms with Crippen molar-refractivity contribution >= 4 is 11.6 Å². The number of carbonyl (C=O) groups excluding carboxylic acids is 1. The second kappa shape index (κ2) is 12.0. The summed E-state index contributed by atoms with van der Waals surface area (Å²) in [6.45, 7) is 10.3. The van der Waals surface area contributed by atoms with Crippen LogP contribution in [0.5, 0.6) is 0 Å². The molecule has 1 aromatic carbocycles. The van der Waals surface area contributed by atoms with E-state index in [1.165, 1.54) is 11.3 Å². The normalized spacial score (nSPS) is 15.3. The summed E-state index contributed by atoms with van der Waals surface area (Å²) in [5.74, 6) is 0.110. The maximum atomic E-state index is 12.0. The van der Waals surface area contributed by atoms with Gasteiger partial charge in [0.1, 0.15) is 0 Å². The van der Waals surface area contributed by atoms with Crippen LogP contribution in [0.3, 0.4) is 0 Å². The lowest BCUT2D eigenvalue weighted by molar-refractivity contribution is -0.122. The molecule has 1 heterocycles. The minimum Gasteiger partial charge on any atom is -0.385 e. The molecule has 1 fully saturated rings. The molecule has 6 nitrogen and oxygen atoms in total. The van der Waals surface area contributed by atoms with Gasteiger partial charge in [0, 0.05) is 58.7 Å². The number of ether oxygens (including phenoxy) is 1. The largest absolute Gasteiger partial charge is 0.385 e. The second-order valence-corrected chi connectivity index (χ2v) is 7.46. The van der Waals surface area contributed by atoms with Crippen LogP contribution in [0.2, 0.25) is 0 Å². The quantitative estimate of drug-likeness (QED) is 0.595. The zero-order valence-electron chi connectivity index (χ0n) is 17.2. The molecule has 0 saturated carbocycles. The molecule has 27 heavy (non-hydrogen) atoms. The Morgan fingerprint density at radius 1 is 1.22 bits per heavy atom. The fourth-order valence-corrected chi connectivity index (χ4v) is 3.44. The van der Waals surface area contributed by atoms with Gasteiger partial charge in [-0.25, -0.2) is 0 Å². The van der Waals surface area contributed by atoms with E-state index in [0.717, 1.165) is 65.3 Å². The first-order valence-corrected chi connectivity index (χ1v) is 10.1. The molecule has 6 heteroatoms. The zero-order chi connectivity index (χ0) is 19.5. The number of rotatable bonds is 11. The lowest BCUT2D eigenvalue weighted by atomic mass is 10.2. The highest BCUT2D eigenvalue weighted by atomic mass is 16.5. The van der Waals surface area contributed by atoms with Gasteiger partial charge in [-0.3, -0.25) is 14.6 Å². The molecule has 1 saturated heterocycles. The third-order valence-electron chi connectivity index (χ3n) is 5.01. The standard InChI is InChI=1S/C21H36N4O2/c1-19-7-4-8-20(17-19)25-14-12-24(13-15-25)11-5-9-22-21(26)18-23(2)10-6-16-27-3/h4,7-8,17H,5-6,9-16,18H2,1-3H3,(H,22,26). The van der Waals surface area contributed by atoms with Gasteiger partial charge in [0.15, 0.2) is 0 Å². The van der Waals surface area contributed by atoms with Crippen molar-refractivity contribution in [1.82, 2.24) is 15.1 Å². The number of hydrogen-bond acceptors (Lipinski definition) is 5. The highest BCUT2D eigenvalue weighted by molar-refractivity contribution is 5.77. The van der Waals surface area contributed by atoms with Crippen LogP contribution in [0.4, 0.5) is 5.69 Å². The molecule has 0 unspecified atom stereocenters. The molecule has 0 spiro atoms. The van der Waals surface area contributed by atoms with Gasteiger partial charge in [0.2, 0.25) is 5.91 Å². The van der Waals surface area contributed by atoms with Crippen molar-refractivity contribution in [3.8, 4) is 0 Å². The third kappa shape index (κ3) is 8.28. The van der Waals surface area contributed by atoms with Gasteiger partial charge in [-0.15, -0.1) is 0 Å². The number of benzene rings is 1. The molecule has 0 aliphatic carbocycles. The smallest absolute Gasteiger partial charge is 0.234 e. The Labute approximate surface area is 164 Å². The Morgan fingerprint density at radius 3 is 2.70 bits per heavy atom. The third-order valence-corrected chi connectivity index (χ3v) is 5.01. The molecule has 1 aliphatic rings. The monoisotopic (exact) mass is 376 g/mol. The average molecular weight is 377 g/mol. The number of likely N-dealkylation sites (N-methyl/N-ethyl adjacent to an activating group) is 1. The molecule has 0 bridgehead atoms. The summed E-state index contributed by atoms with van der Waals surface area (Å²) in [6, 6.07) is 8.74. The van der Waals surface area contributed by atoms with E-state index in [0.29, 0.717) is 6.54 Å². The summed E-state index contributed by atoms with van der Waals surface area (Å²) in [7, 11) is 3.68. The molecule has 0 aromatic heterocycles. The Kier molecular flexibility index (Phi) is 9.59. The van der Waals surface area contributed by atoms with Gasteiger partial charge in [-0.05, 0) is 51.1 Å². The van der Waals surface area contributed by atoms with E-state index in [9.17, 15) is 4.79 Å². The number of methoxy groups -OCH3 is 1. The van der Waals surface area contributed by atoms with Crippen LogP contribution in [0.1, 0.15) is 18.4 Å². The van der Waals surface area contributed by atoms with Crippen LogP contribution in [-0.4, -0.2) is 88.8 Å². The van der Waals surface area contributed by atoms with Gasteiger partial charge < -0.3 is 15.0 Å². The first-order chi connectivity index (χ1) is 13.1. The molecule has 0 atom stereocenters. The Balaban J connectivity index is 1.55. The fourth-order valence-electron chi connectivity index (χ4n) is 3.44. The Bertz CT molecular complexity index is 559. The van der Waals surface area contributed by atoms with Gasteiger partial charge in [0.05, 0.1) is 6.54 Å². The van der Waals surface area contributed by atoms with Crippen molar-refractivity contribution in [2.24, 2.45) is 0 Å². The molecular weight excluding hydrogens is 340 g/mol. The van der Waals surface area contributed by atoms with Crippen LogP contribution in [-0.2, 0) is 9.53 Å². The minimum atomic E-state index is 0.110. The van der Waals surface area contributed by atoms with Crippen LogP contribution in [0.15, 0.2) is 24.3 Å². The van der Waals surface area contributed by atoms with Crippen molar-refractivity contribution in [3.05, 3.63) is 29.8 Å². The van der Waals surface area contributed by atoms with Crippen LogP contribution in [0, 0.1) is 6.92 Å². The van der Waals surface area contributed by atoms with Crippen LogP contribution < -0.4 is 10.2 Å². The lowest BCUT2D eigenvalue weighted by Gasteiger charge is -2.36. The topological polar surface area (TPSA) is 48.1 Å². The van der Waals surface area contributed by atoms with Crippen molar-refractivity contribution in [3.63, 3.8) is 0 Å². The number of aryl methyl sites for hydroxylation is 1. The zero-order valence-corrected chi connectivity index (χ0v) is 17.2. The van der Waals surface area contributed by atoms with E-state index in [1.54, 1.807) is 7.11 Å². The number of hydrogen-bond donors (Lipinski definition) is 1. The molecule has 1 N–H and O–H groups in total. The van der Waals surface area contributed by atoms with E-state index in [1.807, 2.05) is 11.9 Å². The maximum absolute atomic E-state index is 12.0. The van der Waals surface area contributed by atoms with Crippen molar-refractivity contribution in [1.29, 1.82) is 0 Å². The summed E-state index contributed by atoms with van der Waals surface area (Å²) in [6.07, 6.45) is 1.96. The van der Waals surface area contributed by atoms with Gasteiger partial charge in [-0.2, -0.15) is 0 Å². The van der Waals surface area contributed by atoms with E-state index >= 15 is 0 Å². The molecule has 1 aromatic rings. The minimum absolute atomic E-state index is 0.110. The number of nitrogens with one attached hydrogen (secondary N) is 1. The highest BCUT2D eigenvalue weighted by Crippen LogP contribution is 2.17. The molecule has 1 aliphatic heterocycles. The van der Waals surface area contributed by atoms with E-state index < -0.39 is 0 Å². The van der Waals surface area contributed by atoms with Gasteiger partial charge >= 0.3 is 0 Å². The Morgan fingerprint density at radius 2 is 2.00 bits per heavy atom. The van der Waals surface area contributed by atoms with Crippen molar-refractivity contribution in [2.75, 3.05) is 78.0 Å². The molecular formula is C21H36N4O2. The number of piperazine rings is 1. The SMILES string of the molecule is COCCCN(C)CC(=O)NCCCN1CCN(c2cccc(C)c2)CC1. The summed E-state index contributed by atoms with van der Waals surface area (Å²) in [5.41, 5.74) is 2.64. The van der Waals surface area contributed by atoms with Crippen LogP contribution >= 0.6 is 0 Å². The van der Waals surface area contributed by atoms with Gasteiger partial charge in [0.25, 0.3) is 0 Å². The van der Waals surface area contributed by atoms with E-state index in [4.69, 9.17) is 4.74 Å². The first-order valence-electron chi connectivity index (χ1n) is 10.1. The summed E-state index contributed by atoms with van der Waals surface area (Å²) in [4.78, 5) is 19.0. The maximum Gasteiger partial charge on any atom is 0.234 e. The second-order valence-electron chi connectivity index (χ2n) is 7.46. The predicted octanol–water partition coefficient (Wildman–Crippen LogP) is 1.59. The first kappa shape index (κ1) is 21.7. The van der Waals surface area contributed by atoms with Crippen molar-refractivity contribution in [2.45, 2.75) is 19.8 Å². The molecule has 0 radical (unpaired) electrons. The number of amides is 1. The average Bonchev–Trinajstić information content (AvgIpc) is 2.66. The number of nitrogens with zero attached hydrogens (tertiary/aromatic N) is 3. The molecule has 2 rings (SSSR count). The van der Waals surface area contributed by atoms with E-state index in [-0.39, 0.29) is 5.91 Å². The summed E-state index contributed by atoms with van der Waals surface area (Å²) >= 11 is 0. The summed E-state index contributed by atoms with van der Waals surface area (Å²) in [5, 5.41) is 3.04. The fraction of sp³-hybridized carbons (Fsp3) is 0.667. The van der Waals surface area contributed by atoms with Gasteiger partial charge in [-0.1, -0.05) is 12.1 Å². The predicted molar refractivity (Wildman–Crippen MR) is 111 cm³/mol. The molecule has 1 amide bonds. The van der Waals surface area contributed by atoms with Crippen LogP contribution in [0.25, 0.3) is 0 Å². The molecule has 152 valence electrons. The Hall–Kier alpha value is -1.63. The highest BCUT2D eigenvalue weighted by Gasteiger charge is 2.16. The summed E-state index contributed by atoms with van der Waals surface area (Å²) < 4.78 is 5.04.